The molecule has 1 aromatic carbocycles. The molecule has 1 aromatic rings. The van der Waals surface area contributed by atoms with E-state index in [1.165, 1.54) is 18.9 Å². The number of rotatable bonds is 11. The van der Waals surface area contributed by atoms with E-state index in [0.717, 1.165) is 56.1 Å². The summed E-state index contributed by atoms with van der Waals surface area (Å²) < 4.78 is 34.5. The Morgan fingerprint density at radius 3 is 1.96 bits per heavy atom. The number of hydrogen-bond acceptors (Lipinski definition) is 3. The molecular weight excluding hydrogens is 303 g/mol. The van der Waals surface area contributed by atoms with Gasteiger partial charge in [0.05, 0.1) is 4.90 Å². The molecule has 0 spiro atoms. The minimum absolute atomic E-state index is 0. The maximum Gasteiger partial charge on any atom is 1.00 e. The SMILES string of the molecule is CCCCCCc1cccc(S(=O)(=O)[O-])c1CCCCCC.[Li+]. The normalized spacial score (nSPS) is 11.3. The van der Waals surface area contributed by atoms with E-state index in [1.54, 1.807) is 6.07 Å². The summed E-state index contributed by atoms with van der Waals surface area (Å²) in [5.41, 5.74) is 1.81. The molecule has 0 atom stereocenters. The molecule has 0 heterocycles. The summed E-state index contributed by atoms with van der Waals surface area (Å²) in [4.78, 5) is -0.00279. The van der Waals surface area contributed by atoms with Crippen LogP contribution in [-0.2, 0) is 23.0 Å². The first kappa shape index (κ1) is 22.7. The zero-order valence-electron chi connectivity index (χ0n) is 14.9. The molecule has 5 heteroatoms. The van der Waals surface area contributed by atoms with Crippen molar-refractivity contribution in [1.29, 1.82) is 0 Å². The average Bonchev–Trinajstić information content (AvgIpc) is 2.47. The predicted molar refractivity (Wildman–Crippen MR) is 90.1 cm³/mol. The van der Waals surface area contributed by atoms with Gasteiger partial charge in [-0.05, 0) is 42.9 Å². The van der Waals surface area contributed by atoms with Crippen molar-refractivity contribution in [1.82, 2.24) is 0 Å². The fourth-order valence-electron chi connectivity index (χ4n) is 2.83. The van der Waals surface area contributed by atoms with Crippen LogP contribution in [0.25, 0.3) is 0 Å². The van der Waals surface area contributed by atoms with Crippen LogP contribution in [0.1, 0.15) is 76.3 Å². The quantitative estimate of drug-likeness (QED) is 0.353. The molecule has 0 amide bonds. The van der Waals surface area contributed by atoms with Crippen LogP contribution in [0.2, 0.25) is 0 Å². The maximum atomic E-state index is 11.5. The van der Waals surface area contributed by atoms with Crippen molar-refractivity contribution in [3.8, 4) is 0 Å². The van der Waals surface area contributed by atoms with Crippen molar-refractivity contribution in [2.75, 3.05) is 0 Å². The van der Waals surface area contributed by atoms with Crippen LogP contribution >= 0.6 is 0 Å². The third kappa shape index (κ3) is 8.40. The van der Waals surface area contributed by atoms with Gasteiger partial charge in [0, 0.05) is 0 Å². The van der Waals surface area contributed by atoms with Gasteiger partial charge in [-0.15, -0.1) is 0 Å². The van der Waals surface area contributed by atoms with Crippen LogP contribution in [0.3, 0.4) is 0 Å². The van der Waals surface area contributed by atoms with Crippen LogP contribution in [0, 0.1) is 0 Å². The molecule has 0 bridgehead atoms. The molecule has 23 heavy (non-hydrogen) atoms. The van der Waals surface area contributed by atoms with Gasteiger partial charge in [0.15, 0.2) is 0 Å². The second-order valence-corrected chi connectivity index (χ2v) is 7.32. The van der Waals surface area contributed by atoms with Gasteiger partial charge in [-0.1, -0.05) is 64.5 Å². The Balaban J connectivity index is 0.00000484. The smallest absolute Gasteiger partial charge is 0.744 e. The summed E-state index contributed by atoms with van der Waals surface area (Å²) in [6, 6.07) is 5.15. The largest absolute Gasteiger partial charge is 1.00 e. The molecule has 0 radical (unpaired) electrons. The third-order valence-corrected chi connectivity index (χ3v) is 5.00. The van der Waals surface area contributed by atoms with Crippen molar-refractivity contribution in [3.63, 3.8) is 0 Å². The second kappa shape index (κ2) is 12.1. The van der Waals surface area contributed by atoms with Crippen LogP contribution < -0.4 is 18.9 Å². The van der Waals surface area contributed by atoms with Crippen molar-refractivity contribution in [2.45, 2.75) is 83.0 Å². The molecule has 0 aliphatic carbocycles. The van der Waals surface area contributed by atoms with Gasteiger partial charge in [0.2, 0.25) is 0 Å². The van der Waals surface area contributed by atoms with Gasteiger partial charge in [-0.3, -0.25) is 0 Å². The number of hydrogen-bond donors (Lipinski definition) is 0. The van der Waals surface area contributed by atoms with Gasteiger partial charge in [0.25, 0.3) is 0 Å². The molecule has 0 fully saturated rings. The Labute approximate surface area is 154 Å². The zero-order valence-corrected chi connectivity index (χ0v) is 15.8. The fourth-order valence-corrected chi connectivity index (χ4v) is 3.61. The van der Waals surface area contributed by atoms with E-state index in [-0.39, 0.29) is 23.8 Å². The summed E-state index contributed by atoms with van der Waals surface area (Å²) in [6.07, 6.45) is 10.5. The Morgan fingerprint density at radius 1 is 0.870 bits per heavy atom. The summed E-state index contributed by atoms with van der Waals surface area (Å²) in [7, 11) is -4.38. The molecule has 0 unspecified atom stereocenters. The summed E-state index contributed by atoms with van der Waals surface area (Å²) >= 11 is 0. The van der Waals surface area contributed by atoms with Crippen LogP contribution in [0.15, 0.2) is 23.1 Å². The molecule has 0 N–H and O–H groups in total. The monoisotopic (exact) mass is 332 g/mol. The van der Waals surface area contributed by atoms with E-state index in [9.17, 15) is 13.0 Å². The van der Waals surface area contributed by atoms with Gasteiger partial charge >= 0.3 is 18.9 Å². The first-order chi connectivity index (χ1) is 10.5. The van der Waals surface area contributed by atoms with E-state index >= 15 is 0 Å². The Bertz CT molecular complexity index is 541. The number of aryl methyl sites for hydroxylation is 1. The zero-order chi connectivity index (χ0) is 16.4. The molecule has 0 saturated heterocycles. The minimum Gasteiger partial charge on any atom is -0.744 e. The molecule has 1 rings (SSSR count). The maximum absolute atomic E-state index is 11.5. The Morgan fingerprint density at radius 2 is 1.43 bits per heavy atom. The Kier molecular flexibility index (Phi) is 12.0. The standard InChI is InChI=1S/C18H30O3S.Li/c1-3-5-7-9-12-16-13-11-15-18(22(19,20)21)17(16)14-10-8-6-4-2;/h11,13,15H,3-10,12,14H2,1-2H3,(H,19,20,21);/q;+1/p-1. The first-order valence-electron chi connectivity index (χ1n) is 8.57. The number of unbranched alkanes of at least 4 members (excludes halogenated alkanes) is 6. The first-order valence-corrected chi connectivity index (χ1v) is 9.98. The van der Waals surface area contributed by atoms with Gasteiger partial charge in [-0.25, -0.2) is 8.42 Å². The summed E-state index contributed by atoms with van der Waals surface area (Å²) in [5.74, 6) is 0. The van der Waals surface area contributed by atoms with Crippen molar-refractivity contribution >= 4 is 10.1 Å². The molecule has 126 valence electrons. The van der Waals surface area contributed by atoms with E-state index in [2.05, 4.69) is 13.8 Å². The molecule has 0 aromatic heterocycles. The van der Waals surface area contributed by atoms with Crippen LogP contribution in [0.4, 0.5) is 0 Å². The third-order valence-electron chi connectivity index (χ3n) is 4.08. The molecule has 0 aliphatic rings. The van der Waals surface area contributed by atoms with Crippen molar-refractivity contribution < 1.29 is 31.8 Å². The predicted octanol–water partition coefficient (Wildman–Crippen LogP) is 1.84. The van der Waals surface area contributed by atoms with E-state index in [4.69, 9.17) is 0 Å². The summed E-state index contributed by atoms with van der Waals surface area (Å²) in [6.45, 7) is 4.32. The molecular formula is C18H29LiO3S. The fraction of sp³-hybridized carbons (Fsp3) is 0.667. The number of benzene rings is 1. The molecule has 0 saturated carbocycles. The average molecular weight is 332 g/mol. The molecule has 0 aliphatic heterocycles. The van der Waals surface area contributed by atoms with E-state index < -0.39 is 10.1 Å². The minimum atomic E-state index is -4.38. The van der Waals surface area contributed by atoms with E-state index in [1.807, 2.05) is 6.07 Å². The van der Waals surface area contributed by atoms with Gasteiger partial charge in [0.1, 0.15) is 10.1 Å². The van der Waals surface area contributed by atoms with Crippen LogP contribution in [0.5, 0.6) is 0 Å². The van der Waals surface area contributed by atoms with Crippen LogP contribution in [-0.4, -0.2) is 13.0 Å². The Hall–Kier alpha value is -0.273. The summed E-state index contributed by atoms with van der Waals surface area (Å²) in [5, 5.41) is 0. The van der Waals surface area contributed by atoms with E-state index in [0.29, 0.717) is 6.42 Å². The van der Waals surface area contributed by atoms with Gasteiger partial charge in [-0.2, -0.15) is 0 Å². The topological polar surface area (TPSA) is 57.2 Å². The van der Waals surface area contributed by atoms with Crippen molar-refractivity contribution in [3.05, 3.63) is 29.3 Å². The second-order valence-electron chi connectivity index (χ2n) is 5.97. The van der Waals surface area contributed by atoms with Crippen molar-refractivity contribution in [2.24, 2.45) is 0 Å². The van der Waals surface area contributed by atoms with Gasteiger partial charge < -0.3 is 4.55 Å². The molecule has 3 nitrogen and oxygen atoms in total.